The highest BCUT2D eigenvalue weighted by molar-refractivity contribution is 6.38. The van der Waals surface area contributed by atoms with Crippen LogP contribution in [0.4, 0.5) is 4.79 Å². The van der Waals surface area contributed by atoms with Crippen molar-refractivity contribution in [2.24, 2.45) is 0 Å². The number of aromatic nitrogens is 1. The Morgan fingerprint density at radius 2 is 2.00 bits per heavy atom. The second-order valence-electron chi connectivity index (χ2n) is 4.29. The predicted molar refractivity (Wildman–Crippen MR) is 79.3 cm³/mol. The van der Waals surface area contributed by atoms with Gasteiger partial charge in [-0.2, -0.15) is 0 Å². The molecule has 1 unspecified atom stereocenters. The lowest BCUT2D eigenvalue weighted by Gasteiger charge is -2.14. The Bertz CT molecular complexity index is 682. The van der Waals surface area contributed by atoms with Gasteiger partial charge >= 0.3 is 6.03 Å². The van der Waals surface area contributed by atoms with Crippen molar-refractivity contribution >= 4 is 46.0 Å². The number of imide groups is 1. The number of benzene rings is 1. The SMILES string of the molecule is CNC(=O)NC(=O)C(C)n1ccc2c(Cl)cc(Cl)cc21. The number of fused-ring (bicyclic) bond motifs is 1. The van der Waals surface area contributed by atoms with Gasteiger partial charge in [-0.3, -0.25) is 10.1 Å². The van der Waals surface area contributed by atoms with Gasteiger partial charge in [0.25, 0.3) is 5.91 Å². The minimum Gasteiger partial charge on any atom is -0.341 e. The summed E-state index contributed by atoms with van der Waals surface area (Å²) in [5.41, 5.74) is 0.738. The molecule has 106 valence electrons. The number of nitrogens with one attached hydrogen (secondary N) is 2. The number of hydrogen-bond acceptors (Lipinski definition) is 2. The summed E-state index contributed by atoms with van der Waals surface area (Å²) in [5.74, 6) is -0.419. The highest BCUT2D eigenvalue weighted by Gasteiger charge is 2.19. The highest BCUT2D eigenvalue weighted by Crippen LogP contribution is 2.30. The van der Waals surface area contributed by atoms with Crippen molar-refractivity contribution in [3.8, 4) is 0 Å². The molecule has 3 amide bonds. The molecule has 1 aromatic heterocycles. The van der Waals surface area contributed by atoms with Crippen LogP contribution in [-0.2, 0) is 4.79 Å². The zero-order valence-electron chi connectivity index (χ0n) is 10.9. The molecule has 0 fully saturated rings. The fraction of sp³-hybridized carbons (Fsp3) is 0.231. The number of rotatable bonds is 2. The minimum atomic E-state index is -0.570. The van der Waals surface area contributed by atoms with Crippen molar-refractivity contribution in [2.75, 3.05) is 7.05 Å². The van der Waals surface area contributed by atoms with E-state index in [1.54, 1.807) is 35.9 Å². The molecular formula is C13H13Cl2N3O2. The molecule has 2 N–H and O–H groups in total. The predicted octanol–water partition coefficient (Wildman–Crippen LogP) is 2.96. The standard InChI is InChI=1S/C13H13Cl2N3O2/c1-7(12(19)17-13(20)16-2)18-4-3-9-10(15)5-8(14)6-11(9)18/h3-7H,1-2H3,(H2,16,17,19,20). The number of carbonyl (C=O) groups excluding carboxylic acids is 2. The average molecular weight is 314 g/mol. The van der Waals surface area contributed by atoms with E-state index in [1.165, 1.54) is 7.05 Å². The molecule has 0 saturated heterocycles. The first-order valence-electron chi connectivity index (χ1n) is 5.92. The Morgan fingerprint density at radius 3 is 2.65 bits per heavy atom. The van der Waals surface area contributed by atoms with E-state index < -0.39 is 18.0 Å². The van der Waals surface area contributed by atoms with Gasteiger partial charge in [0.1, 0.15) is 6.04 Å². The number of halogens is 2. The van der Waals surface area contributed by atoms with Gasteiger partial charge in [-0.05, 0) is 25.1 Å². The van der Waals surface area contributed by atoms with Gasteiger partial charge in [-0.1, -0.05) is 23.2 Å². The van der Waals surface area contributed by atoms with Crippen LogP contribution in [-0.4, -0.2) is 23.6 Å². The van der Waals surface area contributed by atoms with E-state index in [-0.39, 0.29) is 0 Å². The van der Waals surface area contributed by atoms with Crippen LogP contribution in [0.3, 0.4) is 0 Å². The van der Waals surface area contributed by atoms with Crippen LogP contribution in [0.15, 0.2) is 24.4 Å². The van der Waals surface area contributed by atoms with E-state index in [2.05, 4.69) is 10.6 Å². The number of carbonyl (C=O) groups is 2. The average Bonchev–Trinajstić information content (AvgIpc) is 2.81. The Hall–Kier alpha value is -1.72. The molecule has 0 aliphatic rings. The molecule has 0 bridgehead atoms. The topological polar surface area (TPSA) is 63.1 Å². The fourth-order valence-corrected chi connectivity index (χ4v) is 2.47. The van der Waals surface area contributed by atoms with Gasteiger partial charge in [0.05, 0.1) is 10.5 Å². The van der Waals surface area contributed by atoms with Gasteiger partial charge in [0, 0.05) is 23.7 Å². The molecule has 1 atom stereocenters. The Labute approximate surface area is 125 Å². The molecular weight excluding hydrogens is 301 g/mol. The van der Waals surface area contributed by atoms with Crippen LogP contribution in [0.1, 0.15) is 13.0 Å². The van der Waals surface area contributed by atoms with E-state index in [0.717, 1.165) is 10.9 Å². The molecule has 0 spiro atoms. The molecule has 0 radical (unpaired) electrons. The molecule has 0 saturated carbocycles. The first-order chi connectivity index (χ1) is 9.43. The van der Waals surface area contributed by atoms with Crippen LogP contribution in [0.25, 0.3) is 10.9 Å². The number of amides is 3. The minimum absolute atomic E-state index is 0.419. The highest BCUT2D eigenvalue weighted by atomic mass is 35.5. The first-order valence-corrected chi connectivity index (χ1v) is 6.67. The summed E-state index contributed by atoms with van der Waals surface area (Å²) in [6.45, 7) is 1.69. The van der Waals surface area contributed by atoms with E-state index >= 15 is 0 Å². The summed E-state index contributed by atoms with van der Waals surface area (Å²) in [5, 5.41) is 6.37. The summed E-state index contributed by atoms with van der Waals surface area (Å²) in [7, 11) is 1.44. The molecule has 20 heavy (non-hydrogen) atoms. The third-order valence-electron chi connectivity index (χ3n) is 3.01. The van der Waals surface area contributed by atoms with E-state index in [9.17, 15) is 9.59 Å². The van der Waals surface area contributed by atoms with E-state index in [1.807, 2.05) is 0 Å². The summed E-state index contributed by atoms with van der Waals surface area (Å²) in [6, 6.07) is 4.06. The normalized spacial score (nSPS) is 12.2. The van der Waals surface area contributed by atoms with Crippen LogP contribution in [0.5, 0.6) is 0 Å². The molecule has 5 nitrogen and oxygen atoms in total. The molecule has 2 aromatic rings. The Morgan fingerprint density at radius 1 is 1.30 bits per heavy atom. The van der Waals surface area contributed by atoms with Gasteiger partial charge in [0.2, 0.25) is 0 Å². The van der Waals surface area contributed by atoms with Gasteiger partial charge < -0.3 is 9.88 Å². The first kappa shape index (κ1) is 14.7. The lowest BCUT2D eigenvalue weighted by molar-refractivity contribution is -0.122. The summed E-state index contributed by atoms with van der Waals surface area (Å²) in [4.78, 5) is 23.1. The third-order valence-corrected chi connectivity index (χ3v) is 3.54. The molecule has 1 aromatic carbocycles. The lowest BCUT2D eigenvalue weighted by Crippen LogP contribution is -2.40. The van der Waals surface area contributed by atoms with E-state index in [0.29, 0.717) is 10.0 Å². The van der Waals surface area contributed by atoms with Gasteiger partial charge in [-0.25, -0.2) is 4.79 Å². The quantitative estimate of drug-likeness (QED) is 0.895. The van der Waals surface area contributed by atoms with Crippen molar-refractivity contribution in [1.82, 2.24) is 15.2 Å². The summed E-state index contributed by atoms with van der Waals surface area (Å²) < 4.78 is 1.71. The van der Waals surface area contributed by atoms with Crippen molar-refractivity contribution in [1.29, 1.82) is 0 Å². The monoisotopic (exact) mass is 313 g/mol. The number of urea groups is 1. The maximum absolute atomic E-state index is 12.0. The Balaban J connectivity index is 2.38. The summed E-state index contributed by atoms with van der Waals surface area (Å²) in [6.07, 6.45) is 1.74. The molecule has 7 heteroatoms. The zero-order valence-corrected chi connectivity index (χ0v) is 12.4. The molecule has 0 aliphatic heterocycles. The largest absolute Gasteiger partial charge is 0.341 e. The van der Waals surface area contributed by atoms with Crippen LogP contribution in [0.2, 0.25) is 10.0 Å². The maximum Gasteiger partial charge on any atom is 0.321 e. The van der Waals surface area contributed by atoms with Gasteiger partial charge in [-0.15, -0.1) is 0 Å². The lowest BCUT2D eigenvalue weighted by atomic mass is 10.2. The second kappa shape index (κ2) is 5.73. The molecule has 0 aliphatic carbocycles. The Kier molecular flexibility index (Phi) is 4.20. The van der Waals surface area contributed by atoms with Crippen molar-refractivity contribution in [3.05, 3.63) is 34.4 Å². The third kappa shape index (κ3) is 2.73. The molecule has 2 rings (SSSR count). The van der Waals surface area contributed by atoms with Crippen LogP contribution < -0.4 is 10.6 Å². The zero-order chi connectivity index (χ0) is 14.9. The van der Waals surface area contributed by atoms with Crippen LogP contribution >= 0.6 is 23.2 Å². The van der Waals surface area contributed by atoms with Crippen molar-refractivity contribution in [2.45, 2.75) is 13.0 Å². The summed E-state index contributed by atoms with van der Waals surface area (Å²) >= 11 is 12.1. The smallest absolute Gasteiger partial charge is 0.321 e. The van der Waals surface area contributed by atoms with Crippen molar-refractivity contribution in [3.63, 3.8) is 0 Å². The number of nitrogens with zero attached hydrogens (tertiary/aromatic N) is 1. The fourth-order valence-electron chi connectivity index (χ4n) is 1.93. The second-order valence-corrected chi connectivity index (χ2v) is 5.13. The van der Waals surface area contributed by atoms with E-state index in [4.69, 9.17) is 23.2 Å². The van der Waals surface area contributed by atoms with Gasteiger partial charge in [0.15, 0.2) is 0 Å². The van der Waals surface area contributed by atoms with Crippen LogP contribution in [0, 0.1) is 0 Å². The maximum atomic E-state index is 12.0. The molecule has 1 heterocycles. The number of hydrogen-bond donors (Lipinski definition) is 2. The van der Waals surface area contributed by atoms with Crippen molar-refractivity contribution < 1.29 is 9.59 Å².